The number of benzene rings is 2. The smallest absolute Gasteiger partial charge is 0.314 e. The van der Waals surface area contributed by atoms with Crippen LogP contribution in [0.2, 0.25) is 10.0 Å². The number of halogens is 2. The first kappa shape index (κ1) is 14.4. The van der Waals surface area contributed by atoms with Crippen LogP contribution in [0, 0.1) is 0 Å². The monoisotopic (exact) mass is 320 g/mol. The molecule has 0 saturated heterocycles. The van der Waals surface area contributed by atoms with Crippen LogP contribution in [0.5, 0.6) is 0 Å². The number of hydrogen-bond acceptors (Lipinski definition) is 1. The third-order valence-electron chi connectivity index (χ3n) is 4.26. The minimum atomic E-state index is -0.912. The lowest BCUT2D eigenvalue weighted by Crippen LogP contribution is -2.36. The standard InChI is InChI=1S/C17H14Cl2O2/c18-13-5-6-15(19)12(9-13)10-17(16(20)21)8-7-11-3-1-2-4-14(11)17/h1-6,9H,7-8,10H2,(H,20,21). The van der Waals surface area contributed by atoms with Crippen LogP contribution in [0.1, 0.15) is 23.1 Å². The predicted molar refractivity (Wildman–Crippen MR) is 84.2 cm³/mol. The second-order valence-corrected chi connectivity index (χ2v) is 6.30. The molecule has 4 heteroatoms. The van der Waals surface area contributed by atoms with Crippen LogP contribution in [-0.4, -0.2) is 11.1 Å². The van der Waals surface area contributed by atoms with Gasteiger partial charge in [-0.05, 0) is 54.2 Å². The molecule has 0 aliphatic heterocycles. The Morgan fingerprint density at radius 2 is 1.95 bits per heavy atom. The lowest BCUT2D eigenvalue weighted by Gasteiger charge is -2.26. The fourth-order valence-electron chi connectivity index (χ4n) is 3.17. The Bertz CT molecular complexity index is 712. The molecule has 1 aliphatic rings. The van der Waals surface area contributed by atoms with E-state index < -0.39 is 11.4 Å². The van der Waals surface area contributed by atoms with E-state index in [-0.39, 0.29) is 0 Å². The van der Waals surface area contributed by atoms with Gasteiger partial charge in [-0.3, -0.25) is 4.79 Å². The van der Waals surface area contributed by atoms with Crippen LogP contribution in [0.4, 0.5) is 0 Å². The number of carboxylic acids is 1. The number of rotatable bonds is 3. The van der Waals surface area contributed by atoms with Crippen LogP contribution in [0.3, 0.4) is 0 Å². The molecule has 1 N–H and O–H groups in total. The van der Waals surface area contributed by atoms with Gasteiger partial charge >= 0.3 is 5.97 Å². The number of hydrogen-bond donors (Lipinski definition) is 1. The number of carbonyl (C=O) groups is 1. The summed E-state index contributed by atoms with van der Waals surface area (Å²) in [7, 11) is 0. The third kappa shape index (κ3) is 2.43. The first-order valence-electron chi connectivity index (χ1n) is 6.79. The molecule has 2 aromatic carbocycles. The minimum Gasteiger partial charge on any atom is -0.481 e. The number of fused-ring (bicyclic) bond motifs is 1. The molecule has 0 spiro atoms. The topological polar surface area (TPSA) is 37.3 Å². The highest BCUT2D eigenvalue weighted by Crippen LogP contribution is 2.43. The van der Waals surface area contributed by atoms with Gasteiger partial charge in [-0.2, -0.15) is 0 Å². The molecule has 1 aliphatic carbocycles. The second-order valence-electron chi connectivity index (χ2n) is 5.46. The maximum absolute atomic E-state index is 12.0. The maximum Gasteiger partial charge on any atom is 0.314 e. The van der Waals surface area contributed by atoms with Crippen molar-refractivity contribution in [3.8, 4) is 0 Å². The Morgan fingerprint density at radius 3 is 2.71 bits per heavy atom. The number of aliphatic carboxylic acids is 1. The van der Waals surface area contributed by atoms with Gasteiger partial charge < -0.3 is 5.11 Å². The van der Waals surface area contributed by atoms with Crippen molar-refractivity contribution in [2.45, 2.75) is 24.7 Å². The number of carboxylic acid groups (broad SMARTS) is 1. The van der Waals surface area contributed by atoms with E-state index in [1.165, 1.54) is 0 Å². The van der Waals surface area contributed by atoms with Gasteiger partial charge in [0.2, 0.25) is 0 Å². The summed E-state index contributed by atoms with van der Waals surface area (Å²) in [6, 6.07) is 12.9. The van der Waals surface area contributed by atoms with Gasteiger partial charge in [0.1, 0.15) is 0 Å². The highest BCUT2D eigenvalue weighted by molar-refractivity contribution is 6.33. The van der Waals surface area contributed by atoms with Crippen molar-refractivity contribution in [2.24, 2.45) is 0 Å². The Morgan fingerprint density at radius 1 is 1.19 bits per heavy atom. The highest BCUT2D eigenvalue weighted by atomic mass is 35.5. The van der Waals surface area contributed by atoms with Crippen molar-refractivity contribution in [3.63, 3.8) is 0 Å². The van der Waals surface area contributed by atoms with Crippen molar-refractivity contribution >= 4 is 29.2 Å². The van der Waals surface area contributed by atoms with E-state index in [0.717, 1.165) is 23.1 Å². The highest BCUT2D eigenvalue weighted by Gasteiger charge is 2.45. The summed E-state index contributed by atoms with van der Waals surface area (Å²) >= 11 is 12.2. The fourth-order valence-corrected chi connectivity index (χ4v) is 3.55. The molecule has 1 unspecified atom stereocenters. The zero-order chi connectivity index (χ0) is 15.0. The molecule has 0 radical (unpaired) electrons. The molecule has 0 bridgehead atoms. The Kier molecular flexibility index (Phi) is 3.68. The Hall–Kier alpha value is -1.51. The molecular weight excluding hydrogens is 307 g/mol. The average molecular weight is 321 g/mol. The lowest BCUT2D eigenvalue weighted by molar-refractivity contribution is -0.143. The Balaban J connectivity index is 2.09. The normalized spacial score (nSPS) is 20.3. The van der Waals surface area contributed by atoms with E-state index >= 15 is 0 Å². The van der Waals surface area contributed by atoms with Gasteiger partial charge in [-0.25, -0.2) is 0 Å². The molecule has 2 aromatic rings. The van der Waals surface area contributed by atoms with Crippen LogP contribution in [0.25, 0.3) is 0 Å². The van der Waals surface area contributed by atoms with Crippen molar-refractivity contribution in [3.05, 3.63) is 69.2 Å². The van der Waals surface area contributed by atoms with Crippen molar-refractivity contribution < 1.29 is 9.90 Å². The van der Waals surface area contributed by atoms with Gasteiger partial charge in [0.25, 0.3) is 0 Å². The molecule has 0 saturated carbocycles. The quantitative estimate of drug-likeness (QED) is 0.903. The van der Waals surface area contributed by atoms with Gasteiger partial charge in [0, 0.05) is 10.0 Å². The molecular formula is C17H14Cl2O2. The second kappa shape index (κ2) is 5.36. The van der Waals surface area contributed by atoms with E-state index in [2.05, 4.69) is 0 Å². The van der Waals surface area contributed by atoms with Gasteiger partial charge in [0.15, 0.2) is 0 Å². The van der Waals surface area contributed by atoms with Gasteiger partial charge in [0.05, 0.1) is 5.41 Å². The summed E-state index contributed by atoms with van der Waals surface area (Å²) in [5.74, 6) is -0.802. The SMILES string of the molecule is O=C(O)C1(Cc2cc(Cl)ccc2Cl)CCc2ccccc21. The van der Waals surface area contributed by atoms with Gasteiger partial charge in [-0.1, -0.05) is 47.5 Å². The average Bonchev–Trinajstić information content (AvgIpc) is 2.83. The van der Waals surface area contributed by atoms with E-state index in [0.29, 0.717) is 22.9 Å². The largest absolute Gasteiger partial charge is 0.481 e. The molecule has 1 atom stereocenters. The van der Waals surface area contributed by atoms with Crippen LogP contribution in [-0.2, 0) is 23.1 Å². The van der Waals surface area contributed by atoms with Crippen molar-refractivity contribution in [1.82, 2.24) is 0 Å². The van der Waals surface area contributed by atoms with E-state index in [1.807, 2.05) is 24.3 Å². The lowest BCUT2D eigenvalue weighted by atomic mass is 9.76. The molecule has 0 fully saturated rings. The van der Waals surface area contributed by atoms with E-state index in [4.69, 9.17) is 23.2 Å². The summed E-state index contributed by atoms with van der Waals surface area (Å²) in [4.78, 5) is 12.0. The van der Waals surface area contributed by atoms with Crippen LogP contribution >= 0.6 is 23.2 Å². The Labute approximate surface area is 133 Å². The molecule has 3 rings (SSSR count). The van der Waals surface area contributed by atoms with Gasteiger partial charge in [-0.15, -0.1) is 0 Å². The predicted octanol–water partition coefficient (Wildman–Crippen LogP) is 4.50. The zero-order valence-corrected chi connectivity index (χ0v) is 12.8. The van der Waals surface area contributed by atoms with Crippen LogP contribution in [0.15, 0.2) is 42.5 Å². The summed E-state index contributed by atoms with van der Waals surface area (Å²) < 4.78 is 0. The minimum absolute atomic E-state index is 0.360. The molecule has 2 nitrogen and oxygen atoms in total. The summed E-state index contributed by atoms with van der Waals surface area (Å²) in [6.07, 6.45) is 1.73. The summed E-state index contributed by atoms with van der Waals surface area (Å²) in [5.41, 5.74) is 1.88. The molecule has 0 amide bonds. The summed E-state index contributed by atoms with van der Waals surface area (Å²) in [6.45, 7) is 0. The zero-order valence-electron chi connectivity index (χ0n) is 11.3. The first-order chi connectivity index (χ1) is 10.0. The van der Waals surface area contributed by atoms with E-state index in [1.54, 1.807) is 18.2 Å². The summed E-state index contributed by atoms with van der Waals surface area (Å²) in [5, 5.41) is 11.0. The molecule has 0 aromatic heterocycles. The van der Waals surface area contributed by atoms with E-state index in [9.17, 15) is 9.90 Å². The van der Waals surface area contributed by atoms with Crippen LogP contribution < -0.4 is 0 Å². The first-order valence-corrected chi connectivity index (χ1v) is 7.54. The molecule has 0 heterocycles. The number of aryl methyl sites for hydroxylation is 1. The van der Waals surface area contributed by atoms with Crippen molar-refractivity contribution in [2.75, 3.05) is 0 Å². The fraction of sp³-hybridized carbons (Fsp3) is 0.235. The van der Waals surface area contributed by atoms with Crippen molar-refractivity contribution in [1.29, 1.82) is 0 Å². The molecule has 21 heavy (non-hydrogen) atoms. The third-order valence-corrected chi connectivity index (χ3v) is 4.87. The molecule has 108 valence electrons. The maximum atomic E-state index is 12.0.